The van der Waals surface area contributed by atoms with Gasteiger partial charge in [0, 0.05) is 14.2 Å². The van der Waals surface area contributed by atoms with Crippen molar-refractivity contribution < 1.29 is 23.7 Å². The Hall–Kier alpha value is -0.140. The average molecular weight is 278 g/mol. The number of rotatable bonds is 4. The number of hydrogen-bond acceptors (Lipinski definition) is 6. The second-order valence-electron chi connectivity index (χ2n) is 4.64. The van der Waals surface area contributed by atoms with Gasteiger partial charge in [0.05, 0.1) is 6.61 Å². The SMILES string of the molecule is CCSC(=O)[C@@]1(C)CO[C@@](C)(OC)[C@](C)(OC)O1. The van der Waals surface area contributed by atoms with Gasteiger partial charge in [-0.3, -0.25) is 4.79 Å². The first kappa shape index (κ1) is 15.9. The molecule has 1 aliphatic heterocycles. The molecule has 0 aromatic rings. The number of ether oxygens (including phenoxy) is 4. The molecular weight excluding hydrogens is 256 g/mol. The average Bonchev–Trinajstić information content (AvgIpc) is 2.35. The van der Waals surface area contributed by atoms with E-state index in [9.17, 15) is 4.79 Å². The topological polar surface area (TPSA) is 54.0 Å². The predicted molar refractivity (Wildman–Crippen MR) is 69.4 cm³/mol. The first-order valence-electron chi connectivity index (χ1n) is 5.88. The van der Waals surface area contributed by atoms with Crippen molar-refractivity contribution in [2.24, 2.45) is 0 Å². The molecule has 1 rings (SSSR count). The maximum Gasteiger partial charge on any atom is 0.223 e. The molecule has 0 N–H and O–H groups in total. The van der Waals surface area contributed by atoms with E-state index in [4.69, 9.17) is 18.9 Å². The van der Waals surface area contributed by atoms with Crippen molar-refractivity contribution in [1.29, 1.82) is 0 Å². The Morgan fingerprint density at radius 2 is 1.78 bits per heavy atom. The molecule has 5 nitrogen and oxygen atoms in total. The molecule has 0 aliphatic carbocycles. The van der Waals surface area contributed by atoms with Gasteiger partial charge in [-0.05, 0) is 26.5 Å². The van der Waals surface area contributed by atoms with Crippen molar-refractivity contribution in [1.82, 2.24) is 0 Å². The summed E-state index contributed by atoms with van der Waals surface area (Å²) in [6, 6.07) is 0. The highest BCUT2D eigenvalue weighted by atomic mass is 32.2. The van der Waals surface area contributed by atoms with Crippen molar-refractivity contribution in [2.45, 2.75) is 44.9 Å². The quantitative estimate of drug-likeness (QED) is 0.781. The summed E-state index contributed by atoms with van der Waals surface area (Å²) < 4.78 is 22.3. The molecule has 0 spiro atoms. The van der Waals surface area contributed by atoms with Crippen LogP contribution in [0.1, 0.15) is 27.7 Å². The number of carbonyl (C=O) groups is 1. The summed E-state index contributed by atoms with van der Waals surface area (Å²) in [5.74, 6) is -1.49. The van der Waals surface area contributed by atoms with Crippen molar-refractivity contribution in [3.05, 3.63) is 0 Å². The van der Waals surface area contributed by atoms with E-state index in [1.165, 1.54) is 26.0 Å². The van der Waals surface area contributed by atoms with E-state index in [-0.39, 0.29) is 11.7 Å². The van der Waals surface area contributed by atoms with Crippen molar-refractivity contribution >= 4 is 16.9 Å². The van der Waals surface area contributed by atoms with Gasteiger partial charge < -0.3 is 18.9 Å². The minimum atomic E-state index is -1.14. The van der Waals surface area contributed by atoms with E-state index in [1.54, 1.807) is 20.8 Å². The van der Waals surface area contributed by atoms with Gasteiger partial charge >= 0.3 is 0 Å². The third-order valence-corrected chi connectivity index (χ3v) is 4.34. The molecule has 6 heteroatoms. The molecule has 1 aliphatic rings. The van der Waals surface area contributed by atoms with E-state index in [0.717, 1.165) is 0 Å². The summed E-state index contributed by atoms with van der Waals surface area (Å²) in [6.45, 7) is 7.21. The zero-order valence-electron chi connectivity index (χ0n) is 11.9. The lowest BCUT2D eigenvalue weighted by atomic mass is 10.0. The number of carbonyl (C=O) groups excluding carboxylic acids is 1. The molecule has 1 saturated heterocycles. The lowest BCUT2D eigenvalue weighted by Gasteiger charge is -2.51. The molecule has 0 saturated carbocycles. The predicted octanol–water partition coefficient (Wildman–Crippen LogP) is 1.80. The van der Waals surface area contributed by atoms with Crippen LogP contribution < -0.4 is 0 Å². The van der Waals surface area contributed by atoms with Gasteiger partial charge in [0.25, 0.3) is 0 Å². The highest BCUT2D eigenvalue weighted by Gasteiger charge is 2.58. The largest absolute Gasteiger partial charge is 0.349 e. The fraction of sp³-hybridized carbons (Fsp3) is 0.917. The van der Waals surface area contributed by atoms with Crippen LogP contribution in [0.2, 0.25) is 0 Å². The molecule has 1 heterocycles. The highest BCUT2D eigenvalue weighted by molar-refractivity contribution is 8.13. The van der Waals surface area contributed by atoms with Crippen LogP contribution >= 0.6 is 11.8 Å². The Balaban J connectivity index is 2.97. The Kier molecular flexibility index (Phi) is 4.83. The first-order chi connectivity index (χ1) is 8.27. The van der Waals surface area contributed by atoms with Crippen molar-refractivity contribution in [3.8, 4) is 0 Å². The van der Waals surface area contributed by atoms with Crippen LogP contribution in [0.3, 0.4) is 0 Å². The minimum absolute atomic E-state index is 0.0635. The van der Waals surface area contributed by atoms with Gasteiger partial charge in [0.2, 0.25) is 16.7 Å². The van der Waals surface area contributed by atoms with Gasteiger partial charge in [0.15, 0.2) is 5.60 Å². The van der Waals surface area contributed by atoms with Crippen LogP contribution in [0.5, 0.6) is 0 Å². The first-order valence-corrected chi connectivity index (χ1v) is 6.87. The smallest absolute Gasteiger partial charge is 0.223 e. The highest BCUT2D eigenvalue weighted by Crippen LogP contribution is 2.41. The van der Waals surface area contributed by atoms with E-state index in [0.29, 0.717) is 5.75 Å². The summed E-state index contributed by atoms with van der Waals surface area (Å²) in [5, 5.41) is -0.0635. The second-order valence-corrected chi connectivity index (χ2v) is 5.88. The minimum Gasteiger partial charge on any atom is -0.349 e. The number of methoxy groups -OCH3 is 2. The van der Waals surface area contributed by atoms with E-state index < -0.39 is 17.2 Å². The fourth-order valence-corrected chi connectivity index (χ4v) is 2.48. The Morgan fingerprint density at radius 3 is 2.22 bits per heavy atom. The van der Waals surface area contributed by atoms with Crippen LogP contribution in [0, 0.1) is 0 Å². The van der Waals surface area contributed by atoms with Crippen LogP contribution in [0.25, 0.3) is 0 Å². The molecule has 0 amide bonds. The summed E-state index contributed by atoms with van der Waals surface area (Å²) in [5.41, 5.74) is -1.02. The summed E-state index contributed by atoms with van der Waals surface area (Å²) in [4.78, 5) is 12.1. The van der Waals surface area contributed by atoms with Crippen LogP contribution in [-0.2, 0) is 23.7 Å². The second kappa shape index (κ2) is 5.46. The van der Waals surface area contributed by atoms with E-state index >= 15 is 0 Å². The Labute approximate surface area is 112 Å². The molecule has 0 aromatic carbocycles. The van der Waals surface area contributed by atoms with Gasteiger partial charge in [-0.15, -0.1) is 0 Å². The maximum atomic E-state index is 12.1. The molecular formula is C12H22O5S. The van der Waals surface area contributed by atoms with Crippen LogP contribution in [0.4, 0.5) is 0 Å². The lowest BCUT2D eigenvalue weighted by molar-refractivity contribution is -0.441. The number of hydrogen-bond donors (Lipinski definition) is 0. The molecule has 0 aromatic heterocycles. The zero-order valence-corrected chi connectivity index (χ0v) is 12.7. The number of thioether (sulfide) groups is 1. The van der Waals surface area contributed by atoms with Crippen molar-refractivity contribution in [2.75, 3.05) is 26.6 Å². The fourth-order valence-electron chi connectivity index (χ4n) is 1.81. The Bertz CT molecular complexity index is 324. The van der Waals surface area contributed by atoms with Gasteiger partial charge in [0.1, 0.15) is 0 Å². The molecule has 106 valence electrons. The molecule has 3 atom stereocenters. The zero-order chi connectivity index (χ0) is 14.0. The standard InChI is InChI=1S/C12H22O5S/c1-7-18-9(13)10(2)8-16-11(3,14-5)12(4,15-6)17-10/h7-8H2,1-6H3/t10-,11-,12-/m1/s1. The van der Waals surface area contributed by atoms with Crippen molar-refractivity contribution in [3.63, 3.8) is 0 Å². The summed E-state index contributed by atoms with van der Waals surface area (Å²) in [6.07, 6.45) is 0. The Morgan fingerprint density at radius 1 is 1.22 bits per heavy atom. The van der Waals surface area contributed by atoms with Gasteiger partial charge in [-0.2, -0.15) is 0 Å². The van der Waals surface area contributed by atoms with Gasteiger partial charge in [-0.25, -0.2) is 0 Å². The normalized spacial score (nSPS) is 40.8. The third kappa shape index (κ3) is 2.58. The molecule has 1 fully saturated rings. The van der Waals surface area contributed by atoms with Crippen LogP contribution in [0.15, 0.2) is 0 Å². The lowest BCUT2D eigenvalue weighted by Crippen LogP contribution is -2.67. The monoisotopic (exact) mass is 278 g/mol. The van der Waals surface area contributed by atoms with E-state index in [1.807, 2.05) is 6.92 Å². The molecule has 18 heavy (non-hydrogen) atoms. The third-order valence-electron chi connectivity index (χ3n) is 3.35. The van der Waals surface area contributed by atoms with Gasteiger partial charge in [-0.1, -0.05) is 18.7 Å². The summed E-state index contributed by atoms with van der Waals surface area (Å²) >= 11 is 1.22. The van der Waals surface area contributed by atoms with E-state index in [2.05, 4.69) is 0 Å². The van der Waals surface area contributed by atoms with Crippen LogP contribution in [-0.4, -0.2) is 48.9 Å². The molecule has 0 radical (unpaired) electrons. The maximum absolute atomic E-state index is 12.1. The summed E-state index contributed by atoms with van der Waals surface area (Å²) in [7, 11) is 3.02. The molecule has 0 bridgehead atoms. The molecule has 0 unspecified atom stereocenters.